The Morgan fingerprint density at radius 2 is 1.87 bits per heavy atom. The van der Waals surface area contributed by atoms with Crippen LogP contribution in [-0.4, -0.2) is 15.6 Å². The Balaban J connectivity index is 1.75. The van der Waals surface area contributed by atoms with Crippen LogP contribution in [0.25, 0.3) is 0 Å². The van der Waals surface area contributed by atoms with Gasteiger partial charge in [-0.3, -0.25) is 9.59 Å². The fourth-order valence-corrected chi connectivity index (χ4v) is 2.77. The Bertz CT molecular complexity index is 1110. The molecule has 0 saturated carbocycles. The largest absolute Gasteiger partial charge is 0.483 e. The van der Waals surface area contributed by atoms with Gasteiger partial charge in [-0.15, -0.1) is 0 Å². The number of halogens is 2. The van der Waals surface area contributed by atoms with E-state index in [0.717, 1.165) is 23.3 Å². The third-order valence-electron chi connectivity index (χ3n) is 4.38. The van der Waals surface area contributed by atoms with Crippen molar-refractivity contribution < 1.29 is 23.4 Å². The maximum atomic E-state index is 13.7. The molecule has 0 aliphatic heterocycles. The second-order valence-corrected chi connectivity index (χ2v) is 6.73. The number of aliphatic hydroxyl groups excluding tert-OH is 1. The van der Waals surface area contributed by atoms with Gasteiger partial charge in [0.25, 0.3) is 0 Å². The molecule has 1 aromatic heterocycles. The zero-order valence-electron chi connectivity index (χ0n) is 16.2. The molecule has 0 bridgehead atoms. The first-order valence-electron chi connectivity index (χ1n) is 9.13. The number of hydrogen-bond donors (Lipinski definition) is 2. The van der Waals surface area contributed by atoms with Crippen LogP contribution in [0.4, 0.5) is 14.5 Å². The molecule has 2 aromatic carbocycles. The van der Waals surface area contributed by atoms with Crippen molar-refractivity contribution in [3.63, 3.8) is 0 Å². The summed E-state index contributed by atoms with van der Waals surface area (Å²) in [7, 11) is 0. The van der Waals surface area contributed by atoms with Crippen molar-refractivity contribution in [2.75, 3.05) is 5.32 Å². The first-order chi connectivity index (χ1) is 14.4. The van der Waals surface area contributed by atoms with Gasteiger partial charge in [-0.1, -0.05) is 29.8 Å². The lowest BCUT2D eigenvalue weighted by atomic mass is 10.2. The summed E-state index contributed by atoms with van der Waals surface area (Å²) < 4.78 is 33.7. The Kier molecular flexibility index (Phi) is 6.58. The summed E-state index contributed by atoms with van der Waals surface area (Å²) in [6, 6.07) is 11.6. The van der Waals surface area contributed by atoms with Crippen LogP contribution >= 0.6 is 0 Å². The van der Waals surface area contributed by atoms with E-state index in [4.69, 9.17) is 4.74 Å². The molecule has 0 spiro atoms. The zero-order chi connectivity index (χ0) is 21.7. The molecule has 30 heavy (non-hydrogen) atoms. The molecule has 8 heteroatoms. The van der Waals surface area contributed by atoms with Gasteiger partial charge >= 0.3 is 0 Å². The molecule has 1 amide bonds. The molecule has 0 unspecified atom stereocenters. The van der Waals surface area contributed by atoms with Crippen LogP contribution < -0.4 is 15.5 Å². The van der Waals surface area contributed by atoms with Crippen LogP contribution in [-0.2, 0) is 24.6 Å². The topological polar surface area (TPSA) is 80.6 Å². The van der Waals surface area contributed by atoms with E-state index in [1.807, 2.05) is 31.2 Å². The number of aromatic nitrogens is 1. The quantitative estimate of drug-likeness (QED) is 0.623. The van der Waals surface area contributed by atoms with Crippen molar-refractivity contribution in [1.82, 2.24) is 4.57 Å². The number of hydrogen-bond acceptors (Lipinski definition) is 4. The summed E-state index contributed by atoms with van der Waals surface area (Å²) >= 11 is 0. The highest BCUT2D eigenvalue weighted by Gasteiger charge is 2.13. The number of anilines is 1. The number of ether oxygens (including phenoxy) is 1. The lowest BCUT2D eigenvalue weighted by Crippen LogP contribution is -2.23. The monoisotopic (exact) mass is 414 g/mol. The normalized spacial score (nSPS) is 10.7. The highest BCUT2D eigenvalue weighted by molar-refractivity contribution is 5.90. The summed E-state index contributed by atoms with van der Waals surface area (Å²) in [6.07, 6.45) is 1.32. The molecule has 0 fully saturated rings. The van der Waals surface area contributed by atoms with Crippen molar-refractivity contribution in [1.29, 1.82) is 0 Å². The van der Waals surface area contributed by atoms with E-state index in [0.29, 0.717) is 6.07 Å². The van der Waals surface area contributed by atoms with E-state index in [1.54, 1.807) is 0 Å². The molecule has 1 heterocycles. The number of aliphatic hydroxyl groups is 1. The molecule has 0 atom stereocenters. The van der Waals surface area contributed by atoms with Crippen molar-refractivity contribution in [2.24, 2.45) is 0 Å². The smallest absolute Gasteiger partial charge is 0.244 e. The standard InChI is InChI=1S/C22H20F2N2O4/c1-14-2-4-15(5-3-14)13-30-21-10-26(17(12-27)9-20(21)28)11-22(29)25-19-7-6-16(23)8-18(19)24/h2-10,27H,11-13H2,1H3,(H,25,29). The third kappa shape index (κ3) is 5.30. The Hall–Kier alpha value is -3.52. The van der Waals surface area contributed by atoms with Gasteiger partial charge < -0.3 is 19.7 Å². The molecule has 6 nitrogen and oxygen atoms in total. The van der Waals surface area contributed by atoms with Crippen molar-refractivity contribution in [2.45, 2.75) is 26.7 Å². The van der Waals surface area contributed by atoms with E-state index in [-0.39, 0.29) is 30.3 Å². The average Bonchev–Trinajstić information content (AvgIpc) is 2.71. The molecule has 0 aliphatic rings. The van der Waals surface area contributed by atoms with Crippen LogP contribution in [0, 0.1) is 18.6 Å². The Morgan fingerprint density at radius 1 is 1.13 bits per heavy atom. The lowest BCUT2D eigenvalue weighted by Gasteiger charge is -2.15. The summed E-state index contributed by atoms with van der Waals surface area (Å²) in [4.78, 5) is 24.5. The predicted molar refractivity (Wildman–Crippen MR) is 107 cm³/mol. The minimum atomic E-state index is -0.909. The number of nitrogens with one attached hydrogen (secondary N) is 1. The van der Waals surface area contributed by atoms with Crippen LogP contribution in [0.2, 0.25) is 0 Å². The van der Waals surface area contributed by atoms with E-state index in [2.05, 4.69) is 5.32 Å². The number of nitrogens with zero attached hydrogens (tertiary/aromatic N) is 1. The fraction of sp³-hybridized carbons (Fsp3) is 0.182. The number of carbonyl (C=O) groups excluding carboxylic acids is 1. The van der Waals surface area contributed by atoms with Crippen molar-refractivity contribution in [3.8, 4) is 5.75 Å². The molecular formula is C22H20F2N2O4. The lowest BCUT2D eigenvalue weighted by molar-refractivity contribution is -0.116. The summed E-state index contributed by atoms with van der Waals surface area (Å²) in [5.41, 5.74) is 1.54. The maximum absolute atomic E-state index is 13.7. The number of pyridine rings is 1. The SMILES string of the molecule is Cc1ccc(COc2cn(CC(=O)Nc3ccc(F)cc3F)c(CO)cc2=O)cc1. The van der Waals surface area contributed by atoms with Gasteiger partial charge in [-0.25, -0.2) is 8.78 Å². The third-order valence-corrected chi connectivity index (χ3v) is 4.38. The predicted octanol–water partition coefficient (Wildman–Crippen LogP) is 3.14. The van der Waals surface area contributed by atoms with Gasteiger partial charge in [0.1, 0.15) is 24.8 Å². The van der Waals surface area contributed by atoms with Crippen LogP contribution in [0.5, 0.6) is 5.75 Å². The Labute approximate surface area is 171 Å². The maximum Gasteiger partial charge on any atom is 0.244 e. The number of rotatable bonds is 7. The highest BCUT2D eigenvalue weighted by Crippen LogP contribution is 2.16. The number of aryl methyl sites for hydroxylation is 1. The fourth-order valence-electron chi connectivity index (χ4n) is 2.77. The van der Waals surface area contributed by atoms with E-state index in [1.165, 1.54) is 16.8 Å². The van der Waals surface area contributed by atoms with Crippen LogP contribution in [0.15, 0.2) is 59.5 Å². The van der Waals surface area contributed by atoms with Crippen molar-refractivity contribution >= 4 is 11.6 Å². The van der Waals surface area contributed by atoms with Gasteiger partial charge in [0.15, 0.2) is 5.75 Å². The summed E-state index contributed by atoms with van der Waals surface area (Å²) in [6.45, 7) is 1.32. The molecule has 0 saturated heterocycles. The van der Waals surface area contributed by atoms with Crippen molar-refractivity contribution in [3.05, 3.63) is 93.4 Å². The van der Waals surface area contributed by atoms with Gasteiger partial charge in [-0.05, 0) is 24.6 Å². The highest BCUT2D eigenvalue weighted by atomic mass is 19.1. The molecule has 3 rings (SSSR count). The van der Waals surface area contributed by atoms with E-state index < -0.39 is 29.6 Å². The van der Waals surface area contributed by atoms with E-state index in [9.17, 15) is 23.5 Å². The molecule has 0 radical (unpaired) electrons. The molecule has 156 valence electrons. The van der Waals surface area contributed by atoms with Gasteiger partial charge in [-0.2, -0.15) is 0 Å². The van der Waals surface area contributed by atoms with Gasteiger partial charge in [0.2, 0.25) is 11.3 Å². The first-order valence-corrected chi connectivity index (χ1v) is 9.13. The first kappa shape index (κ1) is 21.2. The number of benzene rings is 2. The zero-order valence-corrected chi connectivity index (χ0v) is 16.2. The second kappa shape index (κ2) is 9.32. The molecular weight excluding hydrogens is 394 g/mol. The number of carbonyl (C=O) groups is 1. The Morgan fingerprint density at radius 3 is 2.53 bits per heavy atom. The molecule has 0 aliphatic carbocycles. The molecule has 3 aromatic rings. The second-order valence-electron chi connectivity index (χ2n) is 6.73. The van der Waals surface area contributed by atoms with Crippen LogP contribution in [0.3, 0.4) is 0 Å². The van der Waals surface area contributed by atoms with Crippen LogP contribution in [0.1, 0.15) is 16.8 Å². The van der Waals surface area contributed by atoms with E-state index >= 15 is 0 Å². The minimum Gasteiger partial charge on any atom is -0.483 e. The summed E-state index contributed by atoms with van der Waals surface area (Å²) in [5, 5.41) is 11.8. The number of amides is 1. The molecule has 2 N–H and O–H groups in total. The minimum absolute atomic E-state index is 0.00791. The van der Waals surface area contributed by atoms with Gasteiger partial charge in [0, 0.05) is 17.8 Å². The van der Waals surface area contributed by atoms with Gasteiger partial charge in [0.05, 0.1) is 18.5 Å². The summed E-state index contributed by atoms with van der Waals surface area (Å²) in [5.74, 6) is -2.28. The average molecular weight is 414 g/mol.